The van der Waals surface area contributed by atoms with Crippen LogP contribution in [0.1, 0.15) is 16.5 Å². The third kappa shape index (κ3) is 2.70. The van der Waals surface area contributed by atoms with Crippen molar-refractivity contribution in [2.75, 3.05) is 21.3 Å². The van der Waals surface area contributed by atoms with Gasteiger partial charge in [0.2, 0.25) is 0 Å². The minimum Gasteiger partial charge on any atom is -0.496 e. The van der Waals surface area contributed by atoms with Crippen LogP contribution in [0.25, 0.3) is 0 Å². The van der Waals surface area contributed by atoms with Gasteiger partial charge < -0.3 is 19.9 Å². The molecule has 0 aliphatic rings. The number of halogens is 1. The summed E-state index contributed by atoms with van der Waals surface area (Å²) in [5.41, 5.74) is 7.10. The van der Waals surface area contributed by atoms with E-state index in [1.54, 1.807) is 27.4 Å². The Kier molecular flexibility index (Phi) is 4.75. The lowest BCUT2D eigenvalue weighted by Gasteiger charge is -2.18. The minimum atomic E-state index is -0.378. The molecule has 0 aliphatic heterocycles. The number of benzene rings is 1. The first-order chi connectivity index (χ1) is 9.62. The molecule has 1 atom stereocenters. The zero-order valence-corrected chi connectivity index (χ0v) is 13.0. The number of methoxy groups -OCH3 is 3. The van der Waals surface area contributed by atoms with Crippen LogP contribution in [0, 0.1) is 0 Å². The van der Waals surface area contributed by atoms with Crippen LogP contribution in [-0.4, -0.2) is 21.3 Å². The molecule has 0 bridgehead atoms. The number of hydrogen-bond donors (Lipinski definition) is 1. The molecule has 1 aromatic carbocycles. The zero-order valence-electron chi connectivity index (χ0n) is 11.5. The highest BCUT2D eigenvalue weighted by molar-refractivity contribution is 7.10. The first-order valence-corrected chi connectivity index (χ1v) is 7.16. The fourth-order valence-electron chi connectivity index (χ4n) is 1.96. The Morgan fingerprint density at radius 2 is 1.65 bits per heavy atom. The van der Waals surface area contributed by atoms with Gasteiger partial charge in [0.1, 0.15) is 5.75 Å². The second-order valence-corrected chi connectivity index (χ2v) is 5.41. The highest BCUT2D eigenvalue weighted by Gasteiger charge is 2.21. The normalized spacial score (nSPS) is 12.1. The predicted molar refractivity (Wildman–Crippen MR) is 81.5 cm³/mol. The molecule has 2 rings (SSSR count). The average molecular weight is 314 g/mol. The molecule has 20 heavy (non-hydrogen) atoms. The number of nitrogens with two attached hydrogens (primary N) is 1. The lowest BCUT2D eigenvalue weighted by atomic mass is 10.0. The second-order valence-electron chi connectivity index (χ2n) is 4.06. The van der Waals surface area contributed by atoms with E-state index in [2.05, 4.69) is 0 Å². The molecule has 0 saturated heterocycles. The molecule has 4 nitrogen and oxygen atoms in total. The maximum absolute atomic E-state index is 6.30. The molecule has 6 heteroatoms. The Balaban J connectivity index is 2.52. The summed E-state index contributed by atoms with van der Waals surface area (Å²) in [6, 6.07) is 5.03. The second kappa shape index (κ2) is 6.35. The quantitative estimate of drug-likeness (QED) is 0.918. The number of hydrogen-bond acceptors (Lipinski definition) is 5. The van der Waals surface area contributed by atoms with Crippen LogP contribution in [0.2, 0.25) is 5.02 Å². The van der Waals surface area contributed by atoms with E-state index in [4.69, 9.17) is 31.5 Å². The Labute approximate surface area is 127 Å². The van der Waals surface area contributed by atoms with Crippen LogP contribution in [0.5, 0.6) is 17.2 Å². The van der Waals surface area contributed by atoms with Crippen LogP contribution in [0.3, 0.4) is 0 Å². The molecular weight excluding hydrogens is 298 g/mol. The molecule has 0 spiro atoms. The summed E-state index contributed by atoms with van der Waals surface area (Å²) in [7, 11) is 4.75. The van der Waals surface area contributed by atoms with Gasteiger partial charge in [0.15, 0.2) is 11.5 Å². The van der Waals surface area contributed by atoms with E-state index in [0.717, 1.165) is 10.4 Å². The van der Waals surface area contributed by atoms with E-state index in [0.29, 0.717) is 22.3 Å². The first-order valence-electron chi connectivity index (χ1n) is 5.90. The third-order valence-corrected chi connectivity index (χ3v) is 4.44. The Hall–Kier alpha value is -1.43. The fourth-order valence-corrected chi connectivity index (χ4v) is 3.16. The summed E-state index contributed by atoms with van der Waals surface area (Å²) in [6.07, 6.45) is 0. The Morgan fingerprint density at radius 1 is 1.05 bits per heavy atom. The molecule has 2 aromatic rings. The zero-order chi connectivity index (χ0) is 14.7. The van der Waals surface area contributed by atoms with E-state index in [-0.39, 0.29) is 6.04 Å². The van der Waals surface area contributed by atoms with Crippen molar-refractivity contribution in [2.24, 2.45) is 5.73 Å². The monoisotopic (exact) mass is 313 g/mol. The van der Waals surface area contributed by atoms with Gasteiger partial charge in [-0.25, -0.2) is 0 Å². The van der Waals surface area contributed by atoms with Gasteiger partial charge in [0.05, 0.1) is 32.4 Å². The topological polar surface area (TPSA) is 53.7 Å². The maximum atomic E-state index is 6.30. The van der Waals surface area contributed by atoms with E-state index in [1.165, 1.54) is 11.3 Å². The predicted octanol–water partition coefficient (Wildman–Crippen LogP) is 3.48. The van der Waals surface area contributed by atoms with Gasteiger partial charge in [-0.2, -0.15) is 0 Å². The van der Waals surface area contributed by atoms with Gasteiger partial charge in [-0.05, 0) is 17.5 Å². The lowest BCUT2D eigenvalue weighted by Crippen LogP contribution is -2.12. The summed E-state index contributed by atoms with van der Waals surface area (Å²) in [5.74, 6) is 1.84. The van der Waals surface area contributed by atoms with Crippen molar-refractivity contribution in [2.45, 2.75) is 6.04 Å². The molecule has 1 aromatic heterocycles. The number of ether oxygens (including phenoxy) is 3. The molecule has 0 radical (unpaired) electrons. The van der Waals surface area contributed by atoms with Crippen molar-refractivity contribution >= 4 is 22.9 Å². The molecular formula is C14H16ClNO3S. The van der Waals surface area contributed by atoms with Crippen molar-refractivity contribution in [1.82, 2.24) is 0 Å². The molecule has 2 N–H and O–H groups in total. The summed E-state index contributed by atoms with van der Waals surface area (Å²) in [6.45, 7) is 0. The van der Waals surface area contributed by atoms with Crippen molar-refractivity contribution < 1.29 is 14.2 Å². The smallest absolute Gasteiger partial charge is 0.164 e. The van der Waals surface area contributed by atoms with Crippen molar-refractivity contribution in [1.29, 1.82) is 0 Å². The van der Waals surface area contributed by atoms with Crippen molar-refractivity contribution in [3.63, 3.8) is 0 Å². The van der Waals surface area contributed by atoms with Gasteiger partial charge in [0, 0.05) is 16.5 Å². The highest BCUT2D eigenvalue weighted by atomic mass is 35.5. The largest absolute Gasteiger partial charge is 0.496 e. The van der Waals surface area contributed by atoms with E-state index >= 15 is 0 Å². The average Bonchev–Trinajstić information content (AvgIpc) is 2.91. The molecule has 0 amide bonds. The standard InChI is InChI=1S/C14H16ClNO3S/c1-17-10-7-12(19-3)11(18-2)6-8(10)13(16)14-9(15)4-5-20-14/h4-7,13H,16H2,1-3H3. The molecule has 108 valence electrons. The summed E-state index contributed by atoms with van der Waals surface area (Å²) in [5, 5.41) is 2.56. The summed E-state index contributed by atoms with van der Waals surface area (Å²) >= 11 is 7.66. The van der Waals surface area contributed by atoms with E-state index in [9.17, 15) is 0 Å². The molecule has 1 heterocycles. The van der Waals surface area contributed by atoms with Gasteiger partial charge in [0.25, 0.3) is 0 Å². The minimum absolute atomic E-state index is 0.378. The number of thiophene rings is 1. The molecule has 1 unspecified atom stereocenters. The van der Waals surface area contributed by atoms with Crippen LogP contribution >= 0.6 is 22.9 Å². The van der Waals surface area contributed by atoms with Gasteiger partial charge in [-0.1, -0.05) is 11.6 Å². The first kappa shape index (κ1) is 15.0. The molecule has 0 saturated carbocycles. The van der Waals surface area contributed by atoms with E-state index in [1.807, 2.05) is 17.5 Å². The van der Waals surface area contributed by atoms with Crippen LogP contribution in [0.4, 0.5) is 0 Å². The van der Waals surface area contributed by atoms with Crippen molar-refractivity contribution in [3.8, 4) is 17.2 Å². The molecule has 0 fully saturated rings. The summed E-state index contributed by atoms with van der Waals surface area (Å²) < 4.78 is 16.0. The van der Waals surface area contributed by atoms with Crippen LogP contribution < -0.4 is 19.9 Å². The summed E-state index contributed by atoms with van der Waals surface area (Å²) in [4.78, 5) is 0.886. The van der Waals surface area contributed by atoms with Crippen molar-refractivity contribution in [3.05, 3.63) is 39.0 Å². The van der Waals surface area contributed by atoms with Gasteiger partial charge >= 0.3 is 0 Å². The third-order valence-electron chi connectivity index (χ3n) is 3.00. The Bertz CT molecular complexity index is 600. The van der Waals surface area contributed by atoms with Crippen LogP contribution in [0.15, 0.2) is 23.6 Å². The fraction of sp³-hybridized carbons (Fsp3) is 0.286. The SMILES string of the molecule is COc1cc(OC)c(C(N)c2sccc2Cl)cc1OC. The lowest BCUT2D eigenvalue weighted by molar-refractivity contribution is 0.347. The van der Waals surface area contributed by atoms with Gasteiger partial charge in [-0.15, -0.1) is 11.3 Å². The highest BCUT2D eigenvalue weighted by Crippen LogP contribution is 2.41. The maximum Gasteiger partial charge on any atom is 0.164 e. The van der Waals surface area contributed by atoms with E-state index < -0.39 is 0 Å². The van der Waals surface area contributed by atoms with Crippen LogP contribution in [-0.2, 0) is 0 Å². The molecule has 0 aliphatic carbocycles. The number of rotatable bonds is 5. The Morgan fingerprint density at radius 3 is 2.15 bits per heavy atom. The van der Waals surface area contributed by atoms with Gasteiger partial charge in [-0.3, -0.25) is 0 Å².